The summed E-state index contributed by atoms with van der Waals surface area (Å²) in [4.78, 5) is 16.9. The average molecular weight is 355 g/mol. The zero-order chi connectivity index (χ0) is 18.4. The molecule has 136 valence electrons. The third-order valence-electron chi connectivity index (χ3n) is 4.94. The molecule has 1 aliphatic rings. The Balaban J connectivity index is 1.42. The molecule has 2 N–H and O–H groups in total. The van der Waals surface area contributed by atoms with Crippen molar-refractivity contribution < 1.29 is 9.90 Å². The van der Waals surface area contributed by atoms with Crippen LogP contribution in [-0.2, 0) is 13.7 Å². The number of aliphatic hydroxyl groups excluding tert-OH is 1. The van der Waals surface area contributed by atoms with E-state index in [-0.39, 0.29) is 24.5 Å². The van der Waals surface area contributed by atoms with Crippen LogP contribution in [0.3, 0.4) is 0 Å². The van der Waals surface area contributed by atoms with Crippen LogP contribution in [0.25, 0.3) is 5.65 Å². The summed E-state index contributed by atoms with van der Waals surface area (Å²) in [6.07, 6.45) is 1.60. The highest BCUT2D eigenvalue weighted by atomic mass is 16.3. The summed E-state index contributed by atoms with van der Waals surface area (Å²) in [7, 11) is 1.85. The fourth-order valence-electron chi connectivity index (χ4n) is 3.47. The van der Waals surface area contributed by atoms with E-state index in [4.69, 9.17) is 0 Å². The summed E-state index contributed by atoms with van der Waals surface area (Å²) in [5.41, 5.74) is 2.89. The molecule has 3 aromatic rings. The maximum Gasteiger partial charge on any atom is 0.272 e. The van der Waals surface area contributed by atoms with Gasteiger partial charge in [-0.1, -0.05) is 0 Å². The first-order valence-electron chi connectivity index (χ1n) is 8.60. The number of aromatic nitrogens is 6. The average Bonchev–Trinajstić information content (AvgIpc) is 3.14. The maximum absolute atomic E-state index is 12.5. The van der Waals surface area contributed by atoms with Crippen LogP contribution in [0.5, 0.6) is 0 Å². The molecule has 0 aliphatic heterocycles. The Labute approximate surface area is 150 Å². The Bertz CT molecular complexity index is 985. The van der Waals surface area contributed by atoms with Gasteiger partial charge in [-0.25, -0.2) is 9.50 Å². The number of carbonyl (C=O) groups is 1. The molecule has 0 bridgehead atoms. The van der Waals surface area contributed by atoms with Crippen molar-refractivity contribution in [2.24, 2.45) is 7.05 Å². The van der Waals surface area contributed by atoms with Crippen molar-refractivity contribution in [2.45, 2.75) is 45.3 Å². The molecule has 0 unspecified atom stereocenters. The maximum atomic E-state index is 12.5. The molecule has 9 heteroatoms. The van der Waals surface area contributed by atoms with E-state index in [1.807, 2.05) is 31.5 Å². The number of fused-ring (bicyclic) bond motifs is 1. The summed E-state index contributed by atoms with van der Waals surface area (Å²) < 4.78 is 3.50. The molecule has 3 aromatic heterocycles. The van der Waals surface area contributed by atoms with Crippen molar-refractivity contribution >= 4 is 11.6 Å². The van der Waals surface area contributed by atoms with E-state index in [1.54, 1.807) is 10.6 Å². The van der Waals surface area contributed by atoms with E-state index >= 15 is 0 Å². The minimum absolute atomic E-state index is 0.0855. The lowest BCUT2D eigenvalue weighted by molar-refractivity contribution is 0.0901. The standard InChI is InChI=1S/C17H21N7O2/c1-9-4-10(2)24-14(18-9)7-13(22-24)17(26)19-12-5-11(6-12)16-21-20-15(8-25)23(16)3/h4,7,11-12,25H,5-6,8H2,1-3H3,(H,19,26). The molecule has 26 heavy (non-hydrogen) atoms. The Morgan fingerprint density at radius 1 is 1.31 bits per heavy atom. The van der Waals surface area contributed by atoms with Gasteiger partial charge in [0.25, 0.3) is 5.91 Å². The van der Waals surface area contributed by atoms with Gasteiger partial charge in [-0.2, -0.15) is 5.10 Å². The molecule has 3 heterocycles. The van der Waals surface area contributed by atoms with Crippen molar-refractivity contribution in [3.8, 4) is 0 Å². The highest BCUT2D eigenvalue weighted by Crippen LogP contribution is 2.36. The van der Waals surface area contributed by atoms with Crippen LogP contribution in [-0.4, -0.2) is 46.4 Å². The first-order valence-corrected chi connectivity index (χ1v) is 8.60. The zero-order valence-electron chi connectivity index (χ0n) is 15.0. The fraction of sp³-hybridized carbons (Fsp3) is 0.471. The van der Waals surface area contributed by atoms with Gasteiger partial charge in [0.1, 0.15) is 12.4 Å². The summed E-state index contributed by atoms with van der Waals surface area (Å²) in [5, 5.41) is 24.7. The predicted molar refractivity (Wildman–Crippen MR) is 92.6 cm³/mol. The number of rotatable bonds is 4. The molecule has 1 fully saturated rings. The van der Waals surface area contributed by atoms with Crippen molar-refractivity contribution in [3.05, 3.63) is 40.9 Å². The van der Waals surface area contributed by atoms with E-state index in [0.717, 1.165) is 30.1 Å². The van der Waals surface area contributed by atoms with Crippen LogP contribution in [0, 0.1) is 13.8 Å². The minimum atomic E-state index is -0.190. The van der Waals surface area contributed by atoms with E-state index in [9.17, 15) is 9.90 Å². The molecular formula is C17H21N7O2. The molecule has 0 saturated heterocycles. The lowest BCUT2D eigenvalue weighted by Gasteiger charge is -2.34. The van der Waals surface area contributed by atoms with Crippen LogP contribution < -0.4 is 5.32 Å². The number of hydrogen-bond donors (Lipinski definition) is 2. The Morgan fingerprint density at radius 2 is 2.08 bits per heavy atom. The lowest BCUT2D eigenvalue weighted by Crippen LogP contribution is -2.44. The van der Waals surface area contributed by atoms with Gasteiger partial charge in [0.2, 0.25) is 0 Å². The van der Waals surface area contributed by atoms with Crippen LogP contribution in [0.15, 0.2) is 12.1 Å². The van der Waals surface area contributed by atoms with E-state index in [1.165, 1.54) is 0 Å². The molecule has 1 saturated carbocycles. The SMILES string of the molecule is Cc1cc(C)n2nc(C(=O)NC3CC(c4nnc(CO)n4C)C3)cc2n1. The Hall–Kier alpha value is -2.81. The second-order valence-electron chi connectivity index (χ2n) is 6.87. The first-order chi connectivity index (χ1) is 12.5. The number of nitrogens with zero attached hydrogens (tertiary/aromatic N) is 6. The highest BCUT2D eigenvalue weighted by Gasteiger charge is 2.35. The molecular weight excluding hydrogens is 334 g/mol. The number of aliphatic hydroxyl groups is 1. The van der Waals surface area contributed by atoms with Crippen LogP contribution in [0.4, 0.5) is 0 Å². The summed E-state index contributed by atoms with van der Waals surface area (Å²) >= 11 is 0. The molecule has 0 atom stereocenters. The number of hydrogen-bond acceptors (Lipinski definition) is 6. The Morgan fingerprint density at radius 3 is 2.77 bits per heavy atom. The molecule has 9 nitrogen and oxygen atoms in total. The van der Waals surface area contributed by atoms with Crippen LogP contribution >= 0.6 is 0 Å². The van der Waals surface area contributed by atoms with Crippen LogP contribution in [0.1, 0.15) is 52.3 Å². The van der Waals surface area contributed by atoms with Gasteiger partial charge < -0.3 is 15.0 Å². The quantitative estimate of drug-likeness (QED) is 0.711. The predicted octanol–water partition coefficient (Wildman–Crippen LogP) is 0.643. The smallest absolute Gasteiger partial charge is 0.272 e. The monoisotopic (exact) mass is 355 g/mol. The van der Waals surface area contributed by atoms with Crippen LogP contribution in [0.2, 0.25) is 0 Å². The lowest BCUT2D eigenvalue weighted by atomic mass is 9.79. The normalized spacial score (nSPS) is 19.5. The second kappa shape index (κ2) is 6.17. The van der Waals surface area contributed by atoms with Gasteiger partial charge in [-0.3, -0.25) is 4.79 Å². The highest BCUT2D eigenvalue weighted by molar-refractivity contribution is 5.93. The second-order valence-corrected chi connectivity index (χ2v) is 6.87. The number of carbonyl (C=O) groups excluding carboxylic acids is 1. The van der Waals surface area contributed by atoms with Gasteiger partial charge in [-0.05, 0) is 32.8 Å². The third kappa shape index (κ3) is 2.74. The van der Waals surface area contributed by atoms with E-state index in [0.29, 0.717) is 17.2 Å². The van der Waals surface area contributed by atoms with E-state index < -0.39 is 0 Å². The van der Waals surface area contributed by atoms with Crippen molar-refractivity contribution in [2.75, 3.05) is 0 Å². The van der Waals surface area contributed by atoms with Gasteiger partial charge in [0, 0.05) is 36.5 Å². The van der Waals surface area contributed by atoms with Crippen molar-refractivity contribution in [1.82, 2.24) is 34.7 Å². The van der Waals surface area contributed by atoms with Gasteiger partial charge >= 0.3 is 0 Å². The number of aryl methyl sites for hydroxylation is 2. The molecule has 0 spiro atoms. The third-order valence-corrected chi connectivity index (χ3v) is 4.94. The van der Waals surface area contributed by atoms with Crippen molar-refractivity contribution in [1.29, 1.82) is 0 Å². The van der Waals surface area contributed by atoms with Gasteiger partial charge in [-0.15, -0.1) is 10.2 Å². The minimum Gasteiger partial charge on any atom is -0.388 e. The van der Waals surface area contributed by atoms with Gasteiger partial charge in [0.15, 0.2) is 17.2 Å². The molecule has 4 rings (SSSR count). The summed E-state index contributed by atoms with van der Waals surface area (Å²) in [5.74, 6) is 1.45. The van der Waals surface area contributed by atoms with E-state index in [2.05, 4.69) is 25.6 Å². The van der Waals surface area contributed by atoms with Gasteiger partial charge in [0.05, 0.1) is 0 Å². The largest absolute Gasteiger partial charge is 0.388 e. The number of amides is 1. The summed E-state index contributed by atoms with van der Waals surface area (Å²) in [6, 6.07) is 3.73. The number of nitrogens with one attached hydrogen (secondary N) is 1. The fourth-order valence-corrected chi connectivity index (χ4v) is 3.47. The summed E-state index contributed by atoms with van der Waals surface area (Å²) in [6.45, 7) is 3.73. The molecule has 1 amide bonds. The molecule has 0 radical (unpaired) electrons. The first kappa shape index (κ1) is 16.6. The Kier molecular flexibility index (Phi) is 3.95. The zero-order valence-corrected chi connectivity index (χ0v) is 15.0. The van der Waals surface area contributed by atoms with Crippen molar-refractivity contribution in [3.63, 3.8) is 0 Å². The molecule has 0 aromatic carbocycles. The topological polar surface area (TPSA) is 110 Å². The molecule has 1 aliphatic carbocycles.